The van der Waals surface area contributed by atoms with Gasteiger partial charge in [0.05, 0.1) is 22.7 Å². The van der Waals surface area contributed by atoms with Crippen LogP contribution in [-0.4, -0.2) is 23.0 Å². The minimum atomic E-state index is -4.64. The normalized spacial score (nSPS) is 14.4. The van der Waals surface area contributed by atoms with Crippen LogP contribution in [0.1, 0.15) is 29.8 Å². The number of benzene rings is 1. The Bertz CT molecular complexity index is 556. The summed E-state index contributed by atoms with van der Waals surface area (Å²) in [7, 11) is 0. The van der Waals surface area contributed by atoms with Crippen LogP contribution < -0.4 is 11.1 Å². The first-order valence-electron chi connectivity index (χ1n) is 6.05. The number of carbonyl (C=O) groups is 2. The van der Waals surface area contributed by atoms with Crippen molar-refractivity contribution in [1.29, 1.82) is 0 Å². The lowest BCUT2D eigenvalue weighted by Crippen LogP contribution is -2.34. The maximum Gasteiger partial charge on any atom is 0.416 e. The molecular formula is C13H15F3N2O3. The number of hydrogen-bond acceptors (Lipinski definition) is 3. The largest absolute Gasteiger partial charge is 0.478 e. The van der Waals surface area contributed by atoms with Crippen LogP contribution in [0.4, 0.5) is 18.9 Å². The summed E-state index contributed by atoms with van der Waals surface area (Å²) in [5.41, 5.74) is 3.65. The fourth-order valence-corrected chi connectivity index (χ4v) is 1.50. The molecule has 0 saturated carbocycles. The predicted octanol–water partition coefficient (Wildman–Crippen LogP) is 2.33. The van der Waals surface area contributed by atoms with Crippen molar-refractivity contribution in [1.82, 2.24) is 0 Å². The van der Waals surface area contributed by atoms with Crippen molar-refractivity contribution in [3.8, 4) is 0 Å². The second kappa shape index (κ2) is 6.13. The number of aromatic carboxylic acids is 1. The maximum atomic E-state index is 12.6. The molecule has 1 rings (SSSR count). The monoisotopic (exact) mass is 304 g/mol. The zero-order valence-electron chi connectivity index (χ0n) is 11.4. The lowest BCUT2D eigenvalue weighted by molar-refractivity contribution is -0.137. The van der Waals surface area contributed by atoms with Crippen LogP contribution in [0.2, 0.25) is 0 Å². The SMILES string of the molecule is CC(N)C(C)C(=O)Nc1cc(C(F)(F)F)ccc1C(=O)O. The van der Waals surface area contributed by atoms with Gasteiger partial charge in [0.25, 0.3) is 0 Å². The number of rotatable bonds is 4. The van der Waals surface area contributed by atoms with Crippen LogP contribution >= 0.6 is 0 Å². The number of carboxylic acids is 1. The third kappa shape index (κ3) is 4.19. The highest BCUT2D eigenvalue weighted by molar-refractivity contribution is 6.01. The van der Waals surface area contributed by atoms with Gasteiger partial charge >= 0.3 is 12.1 Å². The number of hydrogen-bond donors (Lipinski definition) is 3. The first-order chi connectivity index (χ1) is 9.54. The molecule has 21 heavy (non-hydrogen) atoms. The minimum Gasteiger partial charge on any atom is -0.478 e. The van der Waals surface area contributed by atoms with Crippen LogP contribution in [0.3, 0.4) is 0 Å². The Labute approximate surface area is 118 Å². The average Bonchev–Trinajstić information content (AvgIpc) is 2.36. The van der Waals surface area contributed by atoms with Gasteiger partial charge in [-0.25, -0.2) is 4.79 Å². The Hall–Kier alpha value is -2.09. The molecule has 4 N–H and O–H groups in total. The molecule has 0 aliphatic heterocycles. The number of alkyl halides is 3. The van der Waals surface area contributed by atoms with E-state index in [-0.39, 0.29) is 0 Å². The summed E-state index contributed by atoms with van der Waals surface area (Å²) in [6.07, 6.45) is -4.64. The van der Waals surface area contributed by atoms with Crippen LogP contribution in [0, 0.1) is 5.92 Å². The summed E-state index contributed by atoms with van der Waals surface area (Å²) in [5.74, 6) is -2.76. The van der Waals surface area contributed by atoms with E-state index >= 15 is 0 Å². The van der Waals surface area contributed by atoms with Gasteiger partial charge in [0.2, 0.25) is 5.91 Å². The van der Waals surface area contributed by atoms with Crippen LogP contribution in [0.5, 0.6) is 0 Å². The summed E-state index contributed by atoms with van der Waals surface area (Å²) >= 11 is 0. The van der Waals surface area contributed by atoms with Crippen molar-refractivity contribution in [2.45, 2.75) is 26.1 Å². The lowest BCUT2D eigenvalue weighted by atomic mass is 10.0. The summed E-state index contributed by atoms with van der Waals surface area (Å²) < 4.78 is 37.9. The predicted molar refractivity (Wildman–Crippen MR) is 69.8 cm³/mol. The van der Waals surface area contributed by atoms with Gasteiger partial charge in [0.15, 0.2) is 0 Å². The smallest absolute Gasteiger partial charge is 0.416 e. The molecule has 0 fully saturated rings. The van der Waals surface area contributed by atoms with E-state index < -0.39 is 46.8 Å². The Balaban J connectivity index is 3.19. The van der Waals surface area contributed by atoms with Gasteiger partial charge in [0, 0.05) is 6.04 Å². The Morgan fingerprint density at radius 3 is 2.29 bits per heavy atom. The second-order valence-corrected chi connectivity index (χ2v) is 4.70. The number of nitrogens with two attached hydrogens (primary N) is 1. The van der Waals surface area contributed by atoms with E-state index in [4.69, 9.17) is 10.8 Å². The molecule has 116 valence electrons. The molecule has 2 unspecified atom stereocenters. The molecular weight excluding hydrogens is 289 g/mol. The molecule has 0 aliphatic rings. The van der Waals surface area contributed by atoms with Crippen molar-refractivity contribution in [2.24, 2.45) is 11.7 Å². The van der Waals surface area contributed by atoms with Crippen LogP contribution in [-0.2, 0) is 11.0 Å². The van der Waals surface area contributed by atoms with Gasteiger partial charge in [0.1, 0.15) is 0 Å². The zero-order chi connectivity index (χ0) is 16.4. The van der Waals surface area contributed by atoms with Crippen molar-refractivity contribution in [3.05, 3.63) is 29.3 Å². The molecule has 0 heterocycles. The zero-order valence-corrected chi connectivity index (χ0v) is 11.4. The molecule has 0 aromatic heterocycles. The Kier molecular flexibility index (Phi) is 4.95. The van der Waals surface area contributed by atoms with Crippen molar-refractivity contribution >= 4 is 17.6 Å². The highest BCUT2D eigenvalue weighted by Gasteiger charge is 2.32. The first kappa shape index (κ1) is 17.0. The van der Waals surface area contributed by atoms with Gasteiger partial charge in [-0.1, -0.05) is 6.92 Å². The quantitative estimate of drug-likeness (QED) is 0.796. The topological polar surface area (TPSA) is 92.4 Å². The number of halogens is 3. The molecule has 0 bridgehead atoms. The fraction of sp³-hybridized carbons (Fsp3) is 0.385. The summed E-state index contributed by atoms with van der Waals surface area (Å²) in [5, 5.41) is 11.1. The molecule has 0 saturated heterocycles. The van der Waals surface area contributed by atoms with Crippen molar-refractivity contribution in [2.75, 3.05) is 5.32 Å². The molecule has 0 spiro atoms. The van der Waals surface area contributed by atoms with Crippen molar-refractivity contribution < 1.29 is 27.9 Å². The van der Waals surface area contributed by atoms with E-state index in [0.717, 1.165) is 6.07 Å². The number of amides is 1. The number of carboxylic acid groups (broad SMARTS) is 1. The molecule has 0 aliphatic carbocycles. The average molecular weight is 304 g/mol. The highest BCUT2D eigenvalue weighted by atomic mass is 19.4. The number of nitrogens with one attached hydrogen (secondary N) is 1. The van der Waals surface area contributed by atoms with E-state index in [2.05, 4.69) is 5.32 Å². The lowest BCUT2D eigenvalue weighted by Gasteiger charge is -2.17. The first-order valence-corrected chi connectivity index (χ1v) is 6.05. The Morgan fingerprint density at radius 1 is 1.29 bits per heavy atom. The minimum absolute atomic E-state index is 0.408. The number of carbonyl (C=O) groups excluding carboxylic acids is 1. The van der Waals surface area contributed by atoms with E-state index in [1.165, 1.54) is 6.92 Å². The molecule has 1 aromatic rings. The molecule has 2 atom stereocenters. The van der Waals surface area contributed by atoms with E-state index in [1.54, 1.807) is 6.92 Å². The van der Waals surface area contributed by atoms with E-state index in [0.29, 0.717) is 12.1 Å². The molecule has 5 nitrogen and oxygen atoms in total. The molecule has 0 radical (unpaired) electrons. The summed E-state index contributed by atoms with van der Waals surface area (Å²) in [6, 6.07) is 1.52. The third-order valence-electron chi connectivity index (χ3n) is 3.04. The maximum absolute atomic E-state index is 12.6. The third-order valence-corrected chi connectivity index (χ3v) is 3.04. The molecule has 8 heteroatoms. The van der Waals surface area contributed by atoms with Gasteiger partial charge in [-0.2, -0.15) is 13.2 Å². The molecule has 1 amide bonds. The standard InChI is InChI=1S/C13H15F3N2O3/c1-6(7(2)17)11(19)18-10-5-8(13(14,15)16)3-4-9(10)12(20)21/h3-7H,17H2,1-2H3,(H,18,19)(H,20,21). The van der Waals surface area contributed by atoms with E-state index in [1.807, 2.05) is 0 Å². The fourth-order valence-electron chi connectivity index (χ4n) is 1.50. The summed E-state index contributed by atoms with van der Waals surface area (Å²) in [4.78, 5) is 22.8. The Morgan fingerprint density at radius 2 is 1.86 bits per heavy atom. The second-order valence-electron chi connectivity index (χ2n) is 4.70. The molecule has 1 aromatic carbocycles. The van der Waals surface area contributed by atoms with E-state index in [9.17, 15) is 22.8 Å². The van der Waals surface area contributed by atoms with Crippen LogP contribution in [0.15, 0.2) is 18.2 Å². The van der Waals surface area contributed by atoms with Gasteiger partial charge in [-0.15, -0.1) is 0 Å². The van der Waals surface area contributed by atoms with Gasteiger partial charge in [-0.05, 0) is 25.1 Å². The van der Waals surface area contributed by atoms with Crippen molar-refractivity contribution in [3.63, 3.8) is 0 Å². The van der Waals surface area contributed by atoms with Gasteiger partial charge < -0.3 is 16.2 Å². The summed E-state index contributed by atoms with van der Waals surface area (Å²) in [6.45, 7) is 3.06. The van der Waals surface area contributed by atoms with Crippen LogP contribution in [0.25, 0.3) is 0 Å². The highest BCUT2D eigenvalue weighted by Crippen LogP contribution is 2.32. The van der Waals surface area contributed by atoms with Gasteiger partial charge in [-0.3, -0.25) is 4.79 Å². The number of anilines is 1.